The molecule has 90 valence electrons. The fourth-order valence-electron chi connectivity index (χ4n) is 2.20. The lowest BCUT2D eigenvalue weighted by atomic mass is 9.99. The zero-order valence-corrected chi connectivity index (χ0v) is 10.4. The predicted molar refractivity (Wildman–Crippen MR) is 64.1 cm³/mol. The Balaban J connectivity index is 2.19. The Morgan fingerprint density at radius 1 is 1.40 bits per heavy atom. The van der Waals surface area contributed by atoms with Gasteiger partial charge < -0.3 is 15.3 Å². The second-order valence-corrected chi connectivity index (χ2v) is 5.21. The Labute approximate surface area is 93.9 Å². The van der Waals surface area contributed by atoms with Crippen molar-refractivity contribution in [3.8, 4) is 0 Å². The Kier molecular flexibility index (Phi) is 5.03. The monoisotopic (exact) mass is 214 g/mol. The maximum Gasteiger partial charge on any atom is 0.0743 e. The standard InChI is InChI=1S/C12H26N2O/c1-4-7-12(2,15)10-13-11-5-8-14(3)9-6-11/h11,13,15H,4-10H2,1-3H3. The highest BCUT2D eigenvalue weighted by atomic mass is 16.3. The second-order valence-electron chi connectivity index (χ2n) is 5.21. The number of aliphatic hydroxyl groups is 1. The maximum atomic E-state index is 10.0. The van der Waals surface area contributed by atoms with E-state index in [0.29, 0.717) is 6.04 Å². The van der Waals surface area contributed by atoms with Crippen molar-refractivity contribution in [2.75, 3.05) is 26.7 Å². The average Bonchev–Trinajstić information content (AvgIpc) is 2.17. The zero-order valence-electron chi connectivity index (χ0n) is 10.4. The molecule has 0 aromatic carbocycles. The van der Waals surface area contributed by atoms with Crippen LogP contribution in [-0.2, 0) is 0 Å². The summed E-state index contributed by atoms with van der Waals surface area (Å²) in [5, 5.41) is 13.5. The van der Waals surface area contributed by atoms with E-state index in [9.17, 15) is 5.11 Å². The zero-order chi connectivity index (χ0) is 11.3. The van der Waals surface area contributed by atoms with E-state index in [4.69, 9.17) is 0 Å². The molecular weight excluding hydrogens is 188 g/mol. The first kappa shape index (κ1) is 12.9. The van der Waals surface area contributed by atoms with Gasteiger partial charge in [-0.15, -0.1) is 0 Å². The van der Waals surface area contributed by atoms with Gasteiger partial charge in [0.05, 0.1) is 5.60 Å². The van der Waals surface area contributed by atoms with Crippen molar-refractivity contribution in [3.63, 3.8) is 0 Å². The molecule has 1 aliphatic rings. The molecule has 1 unspecified atom stereocenters. The van der Waals surface area contributed by atoms with Crippen LogP contribution >= 0.6 is 0 Å². The molecule has 0 aromatic rings. The topological polar surface area (TPSA) is 35.5 Å². The van der Waals surface area contributed by atoms with Gasteiger partial charge >= 0.3 is 0 Å². The predicted octanol–water partition coefficient (Wildman–Crippen LogP) is 1.22. The quantitative estimate of drug-likeness (QED) is 0.722. The second kappa shape index (κ2) is 5.83. The van der Waals surface area contributed by atoms with Gasteiger partial charge in [-0.05, 0) is 46.3 Å². The van der Waals surface area contributed by atoms with E-state index in [-0.39, 0.29) is 0 Å². The first-order valence-electron chi connectivity index (χ1n) is 6.18. The molecule has 0 radical (unpaired) electrons. The van der Waals surface area contributed by atoms with Crippen molar-refractivity contribution < 1.29 is 5.11 Å². The van der Waals surface area contributed by atoms with E-state index in [1.807, 2.05) is 6.92 Å². The third-order valence-electron chi connectivity index (χ3n) is 3.28. The van der Waals surface area contributed by atoms with Crippen molar-refractivity contribution in [3.05, 3.63) is 0 Å². The van der Waals surface area contributed by atoms with Gasteiger partial charge in [0, 0.05) is 12.6 Å². The maximum absolute atomic E-state index is 10.0. The van der Waals surface area contributed by atoms with Crippen LogP contribution in [0.25, 0.3) is 0 Å². The molecule has 15 heavy (non-hydrogen) atoms. The summed E-state index contributed by atoms with van der Waals surface area (Å²) < 4.78 is 0. The minimum absolute atomic E-state index is 0.530. The van der Waals surface area contributed by atoms with E-state index < -0.39 is 5.60 Å². The highest BCUT2D eigenvalue weighted by Gasteiger charge is 2.22. The van der Waals surface area contributed by atoms with Crippen LogP contribution in [0.5, 0.6) is 0 Å². The molecule has 0 aliphatic carbocycles. The fraction of sp³-hybridized carbons (Fsp3) is 1.00. The molecule has 1 fully saturated rings. The van der Waals surface area contributed by atoms with E-state index in [2.05, 4.69) is 24.2 Å². The van der Waals surface area contributed by atoms with Gasteiger partial charge in [-0.2, -0.15) is 0 Å². The summed E-state index contributed by atoms with van der Waals surface area (Å²) in [5.74, 6) is 0. The number of rotatable bonds is 5. The number of hydrogen-bond acceptors (Lipinski definition) is 3. The molecule has 0 saturated carbocycles. The normalized spacial score (nSPS) is 24.0. The van der Waals surface area contributed by atoms with E-state index in [0.717, 1.165) is 19.4 Å². The lowest BCUT2D eigenvalue weighted by Crippen LogP contribution is -2.46. The SMILES string of the molecule is CCCC(C)(O)CNC1CCN(C)CC1. The molecule has 2 N–H and O–H groups in total. The Bertz CT molecular complexity index is 174. The van der Waals surface area contributed by atoms with Crippen LogP contribution in [0.2, 0.25) is 0 Å². The van der Waals surface area contributed by atoms with Crippen molar-refractivity contribution in [1.29, 1.82) is 0 Å². The minimum Gasteiger partial charge on any atom is -0.389 e. The van der Waals surface area contributed by atoms with Gasteiger partial charge in [0.2, 0.25) is 0 Å². The molecule has 3 heteroatoms. The van der Waals surface area contributed by atoms with Gasteiger partial charge in [-0.3, -0.25) is 0 Å². The van der Waals surface area contributed by atoms with E-state index >= 15 is 0 Å². The highest BCUT2D eigenvalue weighted by Crippen LogP contribution is 2.13. The van der Waals surface area contributed by atoms with E-state index in [1.165, 1.54) is 25.9 Å². The van der Waals surface area contributed by atoms with Crippen molar-refractivity contribution in [2.45, 2.75) is 51.2 Å². The lowest BCUT2D eigenvalue weighted by Gasteiger charge is -2.32. The molecule has 1 saturated heterocycles. The van der Waals surface area contributed by atoms with Gasteiger partial charge in [-0.25, -0.2) is 0 Å². The van der Waals surface area contributed by atoms with Crippen LogP contribution in [0.4, 0.5) is 0 Å². The summed E-state index contributed by atoms with van der Waals surface area (Å²) in [6.07, 6.45) is 4.34. The number of likely N-dealkylation sites (tertiary alicyclic amines) is 1. The summed E-state index contributed by atoms with van der Waals surface area (Å²) in [7, 11) is 2.17. The third kappa shape index (κ3) is 4.96. The summed E-state index contributed by atoms with van der Waals surface area (Å²) >= 11 is 0. The number of piperidine rings is 1. The summed E-state index contributed by atoms with van der Waals surface area (Å²) in [6, 6.07) is 0.601. The van der Waals surface area contributed by atoms with Gasteiger partial charge in [0.25, 0.3) is 0 Å². The summed E-state index contributed by atoms with van der Waals surface area (Å²) in [6.45, 7) is 7.12. The van der Waals surface area contributed by atoms with Crippen LogP contribution in [0, 0.1) is 0 Å². The highest BCUT2D eigenvalue weighted by molar-refractivity contribution is 4.81. The molecular formula is C12H26N2O. The molecule has 0 bridgehead atoms. The third-order valence-corrected chi connectivity index (χ3v) is 3.28. The fourth-order valence-corrected chi connectivity index (χ4v) is 2.20. The van der Waals surface area contributed by atoms with Crippen molar-refractivity contribution in [1.82, 2.24) is 10.2 Å². The Morgan fingerprint density at radius 2 is 2.00 bits per heavy atom. The van der Waals surface area contributed by atoms with Gasteiger partial charge in [-0.1, -0.05) is 13.3 Å². The number of hydrogen-bond donors (Lipinski definition) is 2. The van der Waals surface area contributed by atoms with Crippen LogP contribution < -0.4 is 5.32 Å². The average molecular weight is 214 g/mol. The van der Waals surface area contributed by atoms with Crippen LogP contribution in [0.15, 0.2) is 0 Å². The Morgan fingerprint density at radius 3 is 2.53 bits per heavy atom. The minimum atomic E-state index is -0.530. The van der Waals surface area contributed by atoms with Crippen LogP contribution in [-0.4, -0.2) is 48.3 Å². The summed E-state index contributed by atoms with van der Waals surface area (Å²) in [5.41, 5.74) is -0.530. The van der Waals surface area contributed by atoms with Crippen molar-refractivity contribution >= 4 is 0 Å². The van der Waals surface area contributed by atoms with Gasteiger partial charge in [0.1, 0.15) is 0 Å². The summed E-state index contributed by atoms with van der Waals surface area (Å²) in [4.78, 5) is 2.36. The molecule has 0 spiro atoms. The molecule has 0 aromatic heterocycles. The van der Waals surface area contributed by atoms with Crippen LogP contribution in [0.3, 0.4) is 0 Å². The smallest absolute Gasteiger partial charge is 0.0743 e. The largest absolute Gasteiger partial charge is 0.389 e. The van der Waals surface area contributed by atoms with Crippen LogP contribution in [0.1, 0.15) is 39.5 Å². The molecule has 3 nitrogen and oxygen atoms in total. The number of nitrogens with one attached hydrogen (secondary N) is 1. The first-order chi connectivity index (χ1) is 7.03. The molecule has 1 atom stereocenters. The molecule has 1 aliphatic heterocycles. The molecule has 0 amide bonds. The molecule has 1 rings (SSSR count). The van der Waals surface area contributed by atoms with Gasteiger partial charge in [0.15, 0.2) is 0 Å². The van der Waals surface area contributed by atoms with Crippen molar-refractivity contribution in [2.24, 2.45) is 0 Å². The Hall–Kier alpha value is -0.120. The van der Waals surface area contributed by atoms with E-state index in [1.54, 1.807) is 0 Å². The first-order valence-corrected chi connectivity index (χ1v) is 6.18. The number of nitrogens with zero attached hydrogens (tertiary/aromatic N) is 1. The molecule has 1 heterocycles. The lowest BCUT2D eigenvalue weighted by molar-refractivity contribution is 0.0445.